The maximum atomic E-state index is 11.6. The number of amides is 2. The van der Waals surface area contributed by atoms with E-state index >= 15 is 0 Å². The Morgan fingerprint density at radius 2 is 2.17 bits per heavy atom. The number of rotatable bonds is 6. The summed E-state index contributed by atoms with van der Waals surface area (Å²) in [6.45, 7) is 1.32. The van der Waals surface area contributed by atoms with Crippen LogP contribution in [0.4, 0.5) is 11.5 Å². The van der Waals surface area contributed by atoms with Gasteiger partial charge in [-0.2, -0.15) is 0 Å². The van der Waals surface area contributed by atoms with Crippen LogP contribution in [0.3, 0.4) is 0 Å². The molecule has 0 saturated heterocycles. The normalized spacial score (nSPS) is 10.5. The predicted molar refractivity (Wildman–Crippen MR) is 84.4 cm³/mol. The van der Waals surface area contributed by atoms with Crippen LogP contribution in [0.5, 0.6) is 0 Å². The number of halogens is 1. The molecule has 0 aliphatic rings. The first-order chi connectivity index (χ1) is 11.0. The molecule has 23 heavy (non-hydrogen) atoms. The number of aryl methyl sites for hydroxylation is 1. The summed E-state index contributed by atoms with van der Waals surface area (Å²) in [5, 5.41) is 12.3. The molecular weight excluding hydrogens is 324 g/mol. The molecule has 0 fully saturated rings. The highest BCUT2D eigenvalue weighted by molar-refractivity contribution is 6.36. The molecule has 8 nitrogen and oxygen atoms in total. The number of oxime groups is 1. The molecule has 0 aliphatic carbocycles. The van der Waals surface area contributed by atoms with E-state index in [1.165, 1.54) is 0 Å². The van der Waals surface area contributed by atoms with Crippen LogP contribution in [-0.4, -0.2) is 29.8 Å². The van der Waals surface area contributed by atoms with Gasteiger partial charge in [-0.25, -0.2) is 0 Å². The summed E-state index contributed by atoms with van der Waals surface area (Å²) < 4.78 is 4.79. The largest absolute Gasteiger partial charge is 0.385 e. The van der Waals surface area contributed by atoms with Crippen LogP contribution < -0.4 is 10.6 Å². The van der Waals surface area contributed by atoms with Crippen molar-refractivity contribution in [3.8, 4) is 0 Å². The van der Waals surface area contributed by atoms with Crippen molar-refractivity contribution in [3.63, 3.8) is 0 Å². The highest BCUT2D eigenvalue weighted by Crippen LogP contribution is 2.19. The van der Waals surface area contributed by atoms with Gasteiger partial charge in [0.05, 0.1) is 10.7 Å². The van der Waals surface area contributed by atoms with E-state index in [0.717, 1.165) is 6.21 Å². The van der Waals surface area contributed by atoms with E-state index in [9.17, 15) is 9.59 Å². The minimum Gasteiger partial charge on any atom is -0.385 e. The lowest BCUT2D eigenvalue weighted by molar-refractivity contribution is -0.120. The van der Waals surface area contributed by atoms with E-state index in [1.807, 2.05) is 0 Å². The molecule has 1 heterocycles. The maximum Gasteiger partial charge on any atom is 0.270 e. The van der Waals surface area contributed by atoms with Crippen molar-refractivity contribution in [3.05, 3.63) is 41.1 Å². The molecule has 120 valence electrons. The van der Waals surface area contributed by atoms with Gasteiger partial charge in [-0.15, -0.1) is 0 Å². The maximum absolute atomic E-state index is 11.6. The molecule has 2 rings (SSSR count). The second kappa shape index (κ2) is 7.95. The lowest BCUT2D eigenvalue weighted by Crippen LogP contribution is -2.18. The number of aromatic nitrogens is 1. The number of hydrogen-bond donors (Lipinski definition) is 2. The van der Waals surface area contributed by atoms with Gasteiger partial charge in [0.2, 0.25) is 0 Å². The van der Waals surface area contributed by atoms with E-state index < -0.39 is 11.8 Å². The Hall–Kier alpha value is -2.87. The Morgan fingerprint density at radius 1 is 1.39 bits per heavy atom. The summed E-state index contributed by atoms with van der Waals surface area (Å²) in [6, 6.07) is 8.30. The standard InChI is InChI=1S/C14H13ClN4O4/c1-9-6-12(19-23-9)18-14(21)8-22-16-7-13(20)17-11-5-3-2-4-10(11)15/h2-7H,8H2,1H3,(H,17,20)(H,18,19,21)/b16-7+. The molecule has 9 heteroatoms. The third kappa shape index (κ3) is 5.44. The Balaban J connectivity index is 1.72. The van der Waals surface area contributed by atoms with Gasteiger partial charge in [0.15, 0.2) is 12.4 Å². The van der Waals surface area contributed by atoms with Crippen molar-refractivity contribution in [1.82, 2.24) is 5.16 Å². The molecule has 0 bridgehead atoms. The fourth-order valence-electron chi connectivity index (χ4n) is 1.51. The molecule has 0 spiro atoms. The van der Waals surface area contributed by atoms with E-state index in [-0.39, 0.29) is 12.4 Å². The number of nitrogens with one attached hydrogen (secondary N) is 2. The van der Waals surface area contributed by atoms with E-state index in [1.54, 1.807) is 37.3 Å². The highest BCUT2D eigenvalue weighted by Gasteiger charge is 2.06. The smallest absolute Gasteiger partial charge is 0.270 e. The molecule has 0 unspecified atom stereocenters. The van der Waals surface area contributed by atoms with Gasteiger partial charge in [0, 0.05) is 6.07 Å². The van der Waals surface area contributed by atoms with E-state index in [2.05, 4.69) is 20.9 Å². The van der Waals surface area contributed by atoms with Crippen molar-refractivity contribution in [1.29, 1.82) is 0 Å². The first-order valence-corrected chi connectivity index (χ1v) is 6.86. The van der Waals surface area contributed by atoms with Crippen LogP contribution in [0.15, 0.2) is 40.0 Å². The molecule has 1 aromatic carbocycles. The summed E-state index contributed by atoms with van der Waals surface area (Å²) in [7, 11) is 0. The summed E-state index contributed by atoms with van der Waals surface area (Å²) in [5.74, 6) is -0.181. The Bertz CT molecular complexity index is 729. The monoisotopic (exact) mass is 336 g/mol. The Morgan fingerprint density at radius 3 is 2.87 bits per heavy atom. The third-order valence-corrected chi connectivity index (χ3v) is 2.80. The number of nitrogens with zero attached hydrogens (tertiary/aromatic N) is 2. The van der Waals surface area contributed by atoms with Crippen LogP contribution in [0, 0.1) is 6.92 Å². The first-order valence-electron chi connectivity index (χ1n) is 6.48. The van der Waals surface area contributed by atoms with Gasteiger partial charge in [0.1, 0.15) is 12.0 Å². The summed E-state index contributed by atoms with van der Waals surface area (Å²) in [5.41, 5.74) is 0.449. The van der Waals surface area contributed by atoms with Crippen molar-refractivity contribution in [2.45, 2.75) is 6.92 Å². The zero-order chi connectivity index (χ0) is 16.7. The van der Waals surface area contributed by atoms with Crippen LogP contribution in [0.1, 0.15) is 5.76 Å². The number of para-hydroxylation sites is 1. The molecule has 2 amide bonds. The van der Waals surface area contributed by atoms with Crippen LogP contribution in [0.2, 0.25) is 5.02 Å². The number of carbonyl (C=O) groups excluding carboxylic acids is 2. The molecular formula is C14H13ClN4O4. The van der Waals surface area contributed by atoms with Crippen molar-refractivity contribution in [2.75, 3.05) is 17.2 Å². The average Bonchev–Trinajstić information content (AvgIpc) is 2.91. The highest BCUT2D eigenvalue weighted by atomic mass is 35.5. The lowest BCUT2D eigenvalue weighted by atomic mass is 10.3. The van der Waals surface area contributed by atoms with Gasteiger partial charge in [-0.1, -0.05) is 34.0 Å². The van der Waals surface area contributed by atoms with Crippen molar-refractivity contribution in [2.24, 2.45) is 5.16 Å². The van der Waals surface area contributed by atoms with Crippen molar-refractivity contribution >= 4 is 41.1 Å². The fraction of sp³-hybridized carbons (Fsp3) is 0.143. The number of hydrogen-bond acceptors (Lipinski definition) is 6. The number of carbonyl (C=O) groups is 2. The Kier molecular flexibility index (Phi) is 5.70. The zero-order valence-electron chi connectivity index (χ0n) is 12.1. The molecule has 2 aromatic rings. The lowest BCUT2D eigenvalue weighted by Gasteiger charge is -2.03. The topological polar surface area (TPSA) is 106 Å². The van der Waals surface area contributed by atoms with Crippen LogP contribution in [0.25, 0.3) is 0 Å². The van der Waals surface area contributed by atoms with Gasteiger partial charge < -0.3 is 20.0 Å². The minimum atomic E-state index is -0.536. The molecule has 0 saturated carbocycles. The Labute approximate surface area is 136 Å². The van der Waals surface area contributed by atoms with Crippen LogP contribution in [-0.2, 0) is 14.4 Å². The van der Waals surface area contributed by atoms with Gasteiger partial charge >= 0.3 is 0 Å². The van der Waals surface area contributed by atoms with Gasteiger partial charge in [-0.05, 0) is 19.1 Å². The predicted octanol–water partition coefficient (Wildman–Crippen LogP) is 2.22. The second-order valence-electron chi connectivity index (χ2n) is 4.35. The number of anilines is 2. The first kappa shape index (κ1) is 16.5. The van der Waals surface area contributed by atoms with Gasteiger partial charge in [0.25, 0.3) is 11.8 Å². The summed E-state index contributed by atoms with van der Waals surface area (Å²) in [4.78, 5) is 27.8. The molecule has 0 radical (unpaired) electrons. The average molecular weight is 337 g/mol. The van der Waals surface area contributed by atoms with Gasteiger partial charge in [-0.3, -0.25) is 9.59 Å². The minimum absolute atomic E-state index is 0.275. The zero-order valence-corrected chi connectivity index (χ0v) is 12.8. The summed E-state index contributed by atoms with van der Waals surface area (Å²) in [6.07, 6.45) is 0.900. The van der Waals surface area contributed by atoms with E-state index in [4.69, 9.17) is 21.0 Å². The van der Waals surface area contributed by atoms with Crippen molar-refractivity contribution < 1.29 is 18.9 Å². The molecule has 0 aliphatic heterocycles. The second-order valence-corrected chi connectivity index (χ2v) is 4.76. The fourth-order valence-corrected chi connectivity index (χ4v) is 1.70. The number of benzene rings is 1. The third-order valence-electron chi connectivity index (χ3n) is 2.47. The SMILES string of the molecule is Cc1cc(NC(=O)CO/N=C/C(=O)Nc2ccccc2Cl)no1. The van der Waals surface area contributed by atoms with Crippen LogP contribution >= 0.6 is 11.6 Å². The van der Waals surface area contributed by atoms with E-state index in [0.29, 0.717) is 16.5 Å². The molecule has 0 atom stereocenters. The summed E-state index contributed by atoms with van der Waals surface area (Å²) >= 11 is 5.89. The molecule has 1 aromatic heterocycles. The molecule has 2 N–H and O–H groups in total. The quantitative estimate of drug-likeness (QED) is 0.621.